The fraction of sp³-hybridized carbons (Fsp3) is 0.647. The van der Waals surface area contributed by atoms with Crippen LogP contribution in [0.1, 0.15) is 23.7 Å². The quantitative estimate of drug-likeness (QED) is 0.860. The van der Waals surface area contributed by atoms with Gasteiger partial charge in [-0.3, -0.25) is 9.59 Å². The molecule has 2 aliphatic heterocycles. The van der Waals surface area contributed by atoms with Crippen LogP contribution >= 0.6 is 0 Å². The van der Waals surface area contributed by atoms with Gasteiger partial charge >= 0.3 is 0 Å². The molecule has 7 nitrogen and oxygen atoms in total. The van der Waals surface area contributed by atoms with Crippen LogP contribution in [0.2, 0.25) is 0 Å². The third kappa shape index (κ3) is 2.88. The van der Waals surface area contributed by atoms with E-state index in [4.69, 9.17) is 4.74 Å². The van der Waals surface area contributed by atoms with E-state index in [1.807, 2.05) is 4.90 Å². The van der Waals surface area contributed by atoms with Gasteiger partial charge in [0.1, 0.15) is 0 Å². The number of nitrogens with one attached hydrogen (secondary N) is 1. The molecule has 7 heteroatoms. The van der Waals surface area contributed by atoms with Crippen LogP contribution in [0.25, 0.3) is 0 Å². The predicted octanol–water partition coefficient (Wildman–Crippen LogP) is 0.336. The smallest absolute Gasteiger partial charge is 0.252 e. The van der Waals surface area contributed by atoms with Crippen molar-refractivity contribution < 1.29 is 14.3 Å². The fourth-order valence-electron chi connectivity index (χ4n) is 3.84. The van der Waals surface area contributed by atoms with E-state index in [1.54, 1.807) is 6.07 Å². The van der Waals surface area contributed by atoms with Crippen molar-refractivity contribution in [3.05, 3.63) is 24.0 Å². The second kappa shape index (κ2) is 6.12. The molecule has 0 spiro atoms. The maximum atomic E-state index is 12.4. The Morgan fingerprint density at radius 3 is 2.92 bits per heavy atom. The number of aromatic nitrogens is 2. The summed E-state index contributed by atoms with van der Waals surface area (Å²) < 4.78 is 5.87. The van der Waals surface area contributed by atoms with E-state index in [1.165, 1.54) is 12.4 Å². The van der Waals surface area contributed by atoms with Crippen LogP contribution < -0.4 is 5.32 Å². The molecule has 2 amide bonds. The van der Waals surface area contributed by atoms with Crippen LogP contribution in [-0.4, -0.2) is 59.3 Å². The minimum absolute atomic E-state index is 0.118. The lowest BCUT2D eigenvalue weighted by atomic mass is 9.93. The highest BCUT2D eigenvalue weighted by Gasteiger charge is 2.49. The van der Waals surface area contributed by atoms with E-state index in [0.29, 0.717) is 37.1 Å². The molecule has 1 aromatic heterocycles. The highest BCUT2D eigenvalue weighted by atomic mass is 16.5. The minimum atomic E-state index is -0.147. The van der Waals surface area contributed by atoms with Crippen molar-refractivity contribution in [2.24, 2.45) is 23.7 Å². The third-order valence-electron chi connectivity index (χ3n) is 5.55. The van der Waals surface area contributed by atoms with E-state index >= 15 is 0 Å². The van der Waals surface area contributed by atoms with Gasteiger partial charge < -0.3 is 15.0 Å². The van der Waals surface area contributed by atoms with Crippen LogP contribution in [0, 0.1) is 23.7 Å². The Labute approximate surface area is 140 Å². The number of nitrogens with zero attached hydrogens (tertiary/aromatic N) is 3. The minimum Gasteiger partial charge on any atom is -0.376 e. The Kier molecular flexibility index (Phi) is 3.96. The van der Waals surface area contributed by atoms with Crippen molar-refractivity contribution in [2.45, 2.75) is 19.4 Å². The molecule has 4 rings (SSSR count). The normalized spacial score (nSPS) is 34.0. The lowest BCUT2D eigenvalue weighted by Gasteiger charge is -2.20. The summed E-state index contributed by atoms with van der Waals surface area (Å²) in [6, 6.07) is 1.64. The molecule has 1 saturated carbocycles. The zero-order valence-electron chi connectivity index (χ0n) is 13.7. The van der Waals surface area contributed by atoms with Crippen LogP contribution in [-0.2, 0) is 9.53 Å². The van der Waals surface area contributed by atoms with Gasteiger partial charge in [-0.05, 0) is 18.4 Å². The molecule has 1 N–H and O–H groups in total. The molecule has 1 aromatic rings. The average molecular weight is 330 g/mol. The highest BCUT2D eigenvalue weighted by molar-refractivity contribution is 5.93. The van der Waals surface area contributed by atoms with Crippen molar-refractivity contribution in [2.75, 3.05) is 26.2 Å². The lowest BCUT2D eigenvalue weighted by Crippen LogP contribution is -2.36. The Morgan fingerprint density at radius 2 is 2.21 bits per heavy atom. The molecule has 0 radical (unpaired) electrons. The zero-order chi connectivity index (χ0) is 16.7. The van der Waals surface area contributed by atoms with Gasteiger partial charge in [-0.1, -0.05) is 6.92 Å². The number of fused-ring (bicyclic) bond motifs is 1. The largest absolute Gasteiger partial charge is 0.376 e. The Balaban J connectivity index is 1.31. The van der Waals surface area contributed by atoms with E-state index in [-0.39, 0.29) is 29.8 Å². The number of hydrogen-bond donors (Lipinski definition) is 1. The summed E-state index contributed by atoms with van der Waals surface area (Å²) in [4.78, 5) is 26.5. The van der Waals surface area contributed by atoms with Gasteiger partial charge in [-0.2, -0.15) is 10.2 Å². The molecule has 1 aliphatic carbocycles. The number of likely N-dealkylation sites (tertiary alicyclic amines) is 1. The van der Waals surface area contributed by atoms with Crippen molar-refractivity contribution in [1.29, 1.82) is 0 Å². The number of hydrogen-bond acceptors (Lipinski definition) is 5. The molecule has 24 heavy (non-hydrogen) atoms. The molecular formula is C17H22N4O3. The van der Waals surface area contributed by atoms with Crippen molar-refractivity contribution in [3.8, 4) is 0 Å². The van der Waals surface area contributed by atoms with E-state index in [0.717, 1.165) is 13.0 Å². The SMILES string of the molecule is C[C@H]1C[C@@H]1C(=O)N1C[C@@H]2[C@H](CNC(=O)c3ccnnc3)CO[C@@H]2C1. The van der Waals surface area contributed by atoms with Crippen molar-refractivity contribution >= 4 is 11.8 Å². The summed E-state index contributed by atoms with van der Waals surface area (Å²) in [7, 11) is 0. The van der Waals surface area contributed by atoms with Gasteiger partial charge in [-0.25, -0.2) is 0 Å². The van der Waals surface area contributed by atoms with Gasteiger partial charge in [-0.15, -0.1) is 0 Å². The van der Waals surface area contributed by atoms with Crippen LogP contribution in [0.15, 0.2) is 18.5 Å². The molecule has 3 fully saturated rings. The Morgan fingerprint density at radius 1 is 1.38 bits per heavy atom. The zero-order valence-corrected chi connectivity index (χ0v) is 13.7. The predicted molar refractivity (Wildman–Crippen MR) is 84.9 cm³/mol. The summed E-state index contributed by atoms with van der Waals surface area (Å²) in [6.45, 7) is 4.79. The first-order valence-corrected chi connectivity index (χ1v) is 8.58. The van der Waals surface area contributed by atoms with Crippen molar-refractivity contribution in [1.82, 2.24) is 20.4 Å². The monoisotopic (exact) mass is 330 g/mol. The maximum absolute atomic E-state index is 12.4. The van der Waals surface area contributed by atoms with Crippen LogP contribution in [0.5, 0.6) is 0 Å². The number of carbonyl (C=O) groups excluding carboxylic acids is 2. The topological polar surface area (TPSA) is 84.4 Å². The number of rotatable bonds is 4. The number of amides is 2. The molecule has 3 heterocycles. The van der Waals surface area contributed by atoms with Gasteiger partial charge in [0.15, 0.2) is 0 Å². The maximum Gasteiger partial charge on any atom is 0.252 e. The van der Waals surface area contributed by atoms with Gasteiger partial charge in [0.25, 0.3) is 5.91 Å². The first-order chi connectivity index (χ1) is 11.6. The molecule has 0 bridgehead atoms. The first kappa shape index (κ1) is 15.5. The second-order valence-corrected chi connectivity index (χ2v) is 7.20. The molecule has 0 unspecified atom stereocenters. The van der Waals surface area contributed by atoms with Crippen LogP contribution in [0.4, 0.5) is 0 Å². The third-order valence-corrected chi connectivity index (χ3v) is 5.55. The van der Waals surface area contributed by atoms with Crippen LogP contribution in [0.3, 0.4) is 0 Å². The summed E-state index contributed by atoms with van der Waals surface area (Å²) in [5.74, 6) is 1.46. The molecule has 3 aliphatic rings. The summed E-state index contributed by atoms with van der Waals surface area (Å²) in [6.07, 6.45) is 4.09. The van der Waals surface area contributed by atoms with Gasteiger partial charge in [0.05, 0.1) is 30.7 Å². The average Bonchev–Trinajstić information content (AvgIpc) is 3.02. The summed E-state index contributed by atoms with van der Waals surface area (Å²) in [5.41, 5.74) is 0.506. The van der Waals surface area contributed by atoms with Crippen molar-refractivity contribution in [3.63, 3.8) is 0 Å². The molecule has 2 saturated heterocycles. The molecule has 5 atom stereocenters. The van der Waals surface area contributed by atoms with E-state index in [9.17, 15) is 9.59 Å². The number of carbonyl (C=O) groups is 2. The molecule has 0 aromatic carbocycles. The Hall–Kier alpha value is -2.02. The summed E-state index contributed by atoms with van der Waals surface area (Å²) >= 11 is 0. The summed E-state index contributed by atoms with van der Waals surface area (Å²) in [5, 5.41) is 10.3. The highest BCUT2D eigenvalue weighted by Crippen LogP contribution is 2.41. The molecule has 128 valence electrons. The van der Waals surface area contributed by atoms with E-state index in [2.05, 4.69) is 22.4 Å². The standard InChI is InChI=1S/C17H22N4O3/c1-10-4-13(10)17(23)21-7-14-12(9-24-15(14)8-21)5-18-16(22)11-2-3-19-20-6-11/h2-3,6,10,12-15H,4-5,7-9H2,1H3,(H,18,22)/t10-,12+,13-,14+,15+/m0/s1. The second-order valence-electron chi connectivity index (χ2n) is 7.20. The van der Waals surface area contributed by atoms with Gasteiger partial charge in [0.2, 0.25) is 5.91 Å². The van der Waals surface area contributed by atoms with E-state index < -0.39 is 0 Å². The lowest BCUT2D eigenvalue weighted by molar-refractivity contribution is -0.132. The van der Waals surface area contributed by atoms with Gasteiger partial charge in [0, 0.05) is 37.4 Å². The number of ether oxygens (including phenoxy) is 1. The Bertz CT molecular complexity index is 638. The molecular weight excluding hydrogens is 308 g/mol. The first-order valence-electron chi connectivity index (χ1n) is 8.58. The fourth-order valence-corrected chi connectivity index (χ4v) is 3.84.